The summed E-state index contributed by atoms with van der Waals surface area (Å²) in [5.41, 5.74) is 1.10. The predicted octanol–water partition coefficient (Wildman–Crippen LogP) is 5.82. The van der Waals surface area contributed by atoms with E-state index in [1.54, 1.807) is 11.3 Å². The summed E-state index contributed by atoms with van der Waals surface area (Å²) in [5.74, 6) is 0. The molecule has 3 aromatic carbocycles. The Labute approximate surface area is 125 Å². The Kier molecular flexibility index (Phi) is 2.69. The Hall–Kier alpha value is -1.64. The van der Waals surface area contributed by atoms with Crippen molar-refractivity contribution in [2.75, 3.05) is 0 Å². The van der Waals surface area contributed by atoms with Crippen molar-refractivity contribution in [3.63, 3.8) is 0 Å². The van der Waals surface area contributed by atoms with Gasteiger partial charge >= 0.3 is 0 Å². The molecule has 0 saturated heterocycles. The maximum atomic E-state index is 6.10. The van der Waals surface area contributed by atoms with Crippen molar-refractivity contribution < 1.29 is 0 Å². The lowest BCUT2D eigenvalue weighted by molar-refractivity contribution is 1.11. The average Bonchev–Trinajstić information content (AvgIpc) is 2.89. The third-order valence-electron chi connectivity index (χ3n) is 3.66. The smallest absolute Gasteiger partial charge is 0.0936 e. The second-order valence-corrected chi connectivity index (χ2v) is 6.42. The van der Waals surface area contributed by atoms with E-state index in [0.717, 1.165) is 17.0 Å². The Bertz CT molecular complexity index is 955. The zero-order valence-corrected chi connectivity index (χ0v) is 12.6. The minimum atomic E-state index is 0.780. The normalized spacial score (nSPS) is 11.7. The van der Waals surface area contributed by atoms with Crippen molar-refractivity contribution in [2.24, 2.45) is 0 Å². The van der Waals surface area contributed by atoms with E-state index >= 15 is 0 Å². The Morgan fingerprint density at radius 1 is 1.05 bits per heavy atom. The van der Waals surface area contributed by atoms with Gasteiger partial charge in [0.1, 0.15) is 0 Å². The number of benzene rings is 3. The van der Waals surface area contributed by atoms with E-state index in [4.69, 9.17) is 16.6 Å². The molecule has 0 unspecified atom stereocenters. The second kappa shape index (κ2) is 4.44. The highest BCUT2D eigenvalue weighted by Crippen LogP contribution is 2.36. The lowest BCUT2D eigenvalue weighted by Gasteiger charge is -2.05. The van der Waals surface area contributed by atoms with Gasteiger partial charge in [-0.1, -0.05) is 42.8 Å². The molecule has 1 aromatic heterocycles. The first-order chi connectivity index (χ1) is 9.76. The largest absolute Gasteiger partial charge is 0.241 e. The fraction of sp³-hybridized carbons (Fsp3) is 0.118. The van der Waals surface area contributed by atoms with Gasteiger partial charge in [0, 0.05) is 10.4 Å². The summed E-state index contributed by atoms with van der Waals surface area (Å²) in [4.78, 5) is 4.70. The number of aromatic nitrogens is 1. The summed E-state index contributed by atoms with van der Waals surface area (Å²) >= 11 is 7.91. The number of rotatable bonds is 1. The maximum Gasteiger partial charge on any atom is 0.0936 e. The van der Waals surface area contributed by atoms with E-state index in [2.05, 4.69) is 37.3 Å². The van der Waals surface area contributed by atoms with Gasteiger partial charge in [-0.25, -0.2) is 4.98 Å². The topological polar surface area (TPSA) is 12.9 Å². The maximum absolute atomic E-state index is 6.10. The summed E-state index contributed by atoms with van der Waals surface area (Å²) in [7, 11) is 0. The molecule has 0 aliphatic rings. The van der Waals surface area contributed by atoms with Crippen LogP contribution in [0.25, 0.3) is 31.8 Å². The Balaban J connectivity index is 2.25. The van der Waals surface area contributed by atoms with Crippen LogP contribution in [0.2, 0.25) is 5.02 Å². The quantitative estimate of drug-likeness (QED) is 0.403. The first-order valence-corrected chi connectivity index (χ1v) is 7.86. The van der Waals surface area contributed by atoms with Gasteiger partial charge < -0.3 is 0 Å². The first kappa shape index (κ1) is 12.1. The lowest BCUT2D eigenvalue weighted by atomic mass is 10.0. The van der Waals surface area contributed by atoms with Gasteiger partial charge in [-0.05, 0) is 40.8 Å². The van der Waals surface area contributed by atoms with Crippen LogP contribution in [-0.4, -0.2) is 4.98 Å². The molecule has 0 aliphatic heterocycles. The van der Waals surface area contributed by atoms with Crippen molar-refractivity contribution in [3.8, 4) is 0 Å². The van der Waals surface area contributed by atoms with E-state index in [0.29, 0.717) is 0 Å². The Morgan fingerprint density at radius 3 is 2.70 bits per heavy atom. The lowest BCUT2D eigenvalue weighted by Crippen LogP contribution is -1.79. The van der Waals surface area contributed by atoms with E-state index in [-0.39, 0.29) is 0 Å². The highest BCUT2D eigenvalue weighted by molar-refractivity contribution is 7.19. The van der Waals surface area contributed by atoms with Gasteiger partial charge in [0.15, 0.2) is 0 Å². The second-order valence-electron chi connectivity index (χ2n) is 4.90. The zero-order valence-electron chi connectivity index (χ0n) is 11.0. The van der Waals surface area contributed by atoms with Crippen molar-refractivity contribution in [1.82, 2.24) is 4.98 Å². The van der Waals surface area contributed by atoms with Gasteiger partial charge in [0.25, 0.3) is 0 Å². The van der Waals surface area contributed by atoms with E-state index in [9.17, 15) is 0 Å². The molecule has 0 aliphatic carbocycles. The third kappa shape index (κ3) is 1.72. The molecule has 98 valence electrons. The summed E-state index contributed by atoms with van der Waals surface area (Å²) < 4.78 is 1.28. The molecular weight excluding hydrogens is 286 g/mol. The molecule has 0 fully saturated rings. The number of halogens is 1. The fourth-order valence-corrected chi connectivity index (χ4v) is 3.95. The van der Waals surface area contributed by atoms with Crippen LogP contribution in [0, 0.1) is 0 Å². The van der Waals surface area contributed by atoms with Crippen LogP contribution in [0.4, 0.5) is 0 Å². The zero-order chi connectivity index (χ0) is 13.7. The number of thiazole rings is 1. The van der Waals surface area contributed by atoms with E-state index in [1.807, 2.05) is 12.1 Å². The monoisotopic (exact) mass is 297 g/mol. The van der Waals surface area contributed by atoms with Crippen LogP contribution < -0.4 is 0 Å². The highest BCUT2D eigenvalue weighted by Gasteiger charge is 2.09. The molecule has 0 N–H and O–H groups in total. The molecule has 0 bridgehead atoms. The molecule has 0 saturated carbocycles. The van der Waals surface area contributed by atoms with Crippen LogP contribution in [0.15, 0.2) is 42.5 Å². The summed E-state index contributed by atoms with van der Waals surface area (Å²) in [6.45, 7) is 2.15. The van der Waals surface area contributed by atoms with Gasteiger partial charge in [-0.15, -0.1) is 11.3 Å². The molecular formula is C17H12ClNS. The van der Waals surface area contributed by atoms with Crippen LogP contribution in [0.3, 0.4) is 0 Å². The number of fused-ring (bicyclic) bond motifs is 5. The van der Waals surface area contributed by atoms with Gasteiger partial charge in [-0.3, -0.25) is 0 Å². The standard InChI is InChI=1S/C17H12ClNS/c1-2-15-19-14-8-5-10-3-4-11-9-12(18)6-7-13(11)16(10)17(14)20-15/h3-9H,2H2,1H3. The fourth-order valence-electron chi connectivity index (χ4n) is 2.70. The van der Waals surface area contributed by atoms with Crippen LogP contribution in [0.5, 0.6) is 0 Å². The van der Waals surface area contributed by atoms with Crippen LogP contribution in [-0.2, 0) is 6.42 Å². The molecule has 0 atom stereocenters. The molecule has 1 nitrogen and oxygen atoms in total. The minimum Gasteiger partial charge on any atom is -0.241 e. The summed E-state index contributed by atoms with van der Waals surface area (Å²) in [5, 5.41) is 6.97. The molecule has 0 spiro atoms. The molecule has 4 aromatic rings. The van der Waals surface area contributed by atoms with Crippen molar-refractivity contribution in [2.45, 2.75) is 13.3 Å². The molecule has 0 radical (unpaired) electrons. The first-order valence-electron chi connectivity index (χ1n) is 6.66. The Morgan fingerprint density at radius 2 is 1.85 bits per heavy atom. The highest BCUT2D eigenvalue weighted by atomic mass is 35.5. The third-order valence-corrected chi connectivity index (χ3v) is 5.13. The SMILES string of the molecule is CCc1nc2ccc3ccc4cc(Cl)ccc4c3c2s1. The van der Waals surface area contributed by atoms with Crippen LogP contribution >= 0.6 is 22.9 Å². The predicted molar refractivity (Wildman–Crippen MR) is 89.0 cm³/mol. The molecule has 1 heterocycles. The number of nitrogens with zero attached hydrogens (tertiary/aromatic N) is 1. The summed E-state index contributed by atoms with van der Waals surface area (Å²) in [6, 6.07) is 14.7. The minimum absolute atomic E-state index is 0.780. The van der Waals surface area contributed by atoms with Gasteiger partial charge in [0.05, 0.1) is 15.2 Å². The number of aryl methyl sites for hydroxylation is 1. The number of hydrogen-bond acceptors (Lipinski definition) is 2. The van der Waals surface area contributed by atoms with Gasteiger partial charge in [-0.2, -0.15) is 0 Å². The average molecular weight is 298 g/mol. The number of hydrogen-bond donors (Lipinski definition) is 0. The van der Waals surface area contributed by atoms with Crippen LogP contribution in [0.1, 0.15) is 11.9 Å². The van der Waals surface area contributed by atoms with Crippen molar-refractivity contribution in [1.29, 1.82) is 0 Å². The molecule has 20 heavy (non-hydrogen) atoms. The van der Waals surface area contributed by atoms with Crippen molar-refractivity contribution >= 4 is 54.7 Å². The molecule has 4 rings (SSSR count). The van der Waals surface area contributed by atoms with E-state index < -0.39 is 0 Å². The van der Waals surface area contributed by atoms with E-state index in [1.165, 1.54) is 31.3 Å². The molecule has 3 heteroatoms. The van der Waals surface area contributed by atoms with Crippen molar-refractivity contribution in [3.05, 3.63) is 52.5 Å². The van der Waals surface area contributed by atoms with Gasteiger partial charge in [0.2, 0.25) is 0 Å². The molecule has 0 amide bonds. The summed E-state index contributed by atoms with van der Waals surface area (Å²) in [6.07, 6.45) is 0.984.